The second-order valence-electron chi connectivity index (χ2n) is 11.4. The molecule has 43 heavy (non-hydrogen) atoms. The summed E-state index contributed by atoms with van der Waals surface area (Å²) in [7, 11) is -3.72. The number of aromatic nitrogens is 4. The van der Waals surface area contributed by atoms with Crippen LogP contribution in [-0.4, -0.2) is 70.7 Å². The van der Waals surface area contributed by atoms with Crippen molar-refractivity contribution in [3.8, 4) is 11.3 Å². The van der Waals surface area contributed by atoms with Gasteiger partial charge in [-0.25, -0.2) is 27.2 Å². The van der Waals surface area contributed by atoms with Crippen molar-refractivity contribution in [1.29, 1.82) is 0 Å². The maximum absolute atomic E-state index is 16.0. The molecule has 1 amide bonds. The van der Waals surface area contributed by atoms with Crippen LogP contribution in [0.15, 0.2) is 58.5 Å². The molecule has 0 radical (unpaired) electrons. The van der Waals surface area contributed by atoms with Crippen LogP contribution >= 0.6 is 0 Å². The second-order valence-corrected chi connectivity index (χ2v) is 13.4. The third-order valence-electron chi connectivity index (χ3n) is 8.03. The Morgan fingerprint density at radius 2 is 1.98 bits per heavy atom. The molecule has 3 aromatic rings. The average molecular weight is 607 g/mol. The summed E-state index contributed by atoms with van der Waals surface area (Å²) in [6.45, 7) is 12.2. The van der Waals surface area contributed by atoms with E-state index in [1.807, 2.05) is 31.7 Å². The SMILES string of the molecule is C=CC(=O)N1CCN(c2nc(=O)n(C3=C(S(C)(=O)=O)CCC=C3C(C)C)c3nc(-c4ccncc4C)c(F)cc23)[C@@H](C)C1. The van der Waals surface area contributed by atoms with Crippen molar-refractivity contribution in [3.05, 3.63) is 75.6 Å². The highest BCUT2D eigenvalue weighted by Crippen LogP contribution is 2.38. The first-order valence-corrected chi connectivity index (χ1v) is 16.1. The summed E-state index contributed by atoms with van der Waals surface area (Å²) in [5.74, 6) is -0.711. The Balaban J connectivity index is 1.86. The molecular formula is C31H35FN6O4S. The van der Waals surface area contributed by atoms with Gasteiger partial charge in [-0.2, -0.15) is 4.98 Å². The number of carbonyl (C=O) groups is 1. The van der Waals surface area contributed by atoms with Gasteiger partial charge in [-0.1, -0.05) is 26.5 Å². The van der Waals surface area contributed by atoms with Crippen LogP contribution in [0.5, 0.6) is 0 Å². The maximum atomic E-state index is 16.0. The zero-order chi connectivity index (χ0) is 31.2. The standard InChI is InChI=1S/C31H35FN6O4S/c1-7-26(39)36-13-14-37(20(5)17-36)29-23-15-24(32)27(22-11-12-33-16-19(22)4)34-30(23)38(31(40)35-29)28-21(18(2)3)9-8-10-25(28)43(6,41)42/h7,9,11-12,15-16,18,20H,1,8,10,13-14,17H2,2-6H3/t20-/m0/s1. The molecule has 12 heteroatoms. The summed E-state index contributed by atoms with van der Waals surface area (Å²) >= 11 is 0. The van der Waals surface area contributed by atoms with Crippen molar-refractivity contribution in [1.82, 2.24) is 24.4 Å². The van der Waals surface area contributed by atoms with Gasteiger partial charge in [0, 0.05) is 49.9 Å². The molecule has 1 aliphatic carbocycles. The first kappa shape index (κ1) is 30.3. The molecule has 1 atom stereocenters. The average Bonchev–Trinajstić information content (AvgIpc) is 2.96. The fraction of sp³-hybridized carbons (Fsp3) is 0.387. The molecule has 0 N–H and O–H groups in total. The quantitative estimate of drug-likeness (QED) is 0.385. The normalized spacial score (nSPS) is 17.9. The predicted octanol–water partition coefficient (Wildman–Crippen LogP) is 4.11. The molecule has 10 nitrogen and oxygen atoms in total. The van der Waals surface area contributed by atoms with E-state index in [0.29, 0.717) is 42.8 Å². The molecular weight excluding hydrogens is 571 g/mol. The zero-order valence-corrected chi connectivity index (χ0v) is 25.8. The van der Waals surface area contributed by atoms with Gasteiger partial charge in [-0.05, 0) is 62.0 Å². The first-order chi connectivity index (χ1) is 20.3. The van der Waals surface area contributed by atoms with E-state index in [-0.39, 0.29) is 57.4 Å². The largest absolute Gasteiger partial charge is 0.355 e. The molecule has 2 aliphatic rings. The number of fused-ring (bicyclic) bond motifs is 1. The Morgan fingerprint density at radius 3 is 2.60 bits per heavy atom. The van der Waals surface area contributed by atoms with Crippen LogP contribution in [0.2, 0.25) is 0 Å². The van der Waals surface area contributed by atoms with Gasteiger partial charge in [0.1, 0.15) is 17.3 Å². The molecule has 0 aromatic carbocycles. The Bertz CT molecular complexity index is 1880. The Kier molecular flexibility index (Phi) is 8.08. The third-order valence-corrected chi connectivity index (χ3v) is 9.32. The second kappa shape index (κ2) is 11.5. The van der Waals surface area contributed by atoms with Crippen molar-refractivity contribution in [3.63, 3.8) is 0 Å². The maximum Gasteiger partial charge on any atom is 0.355 e. The summed E-state index contributed by atoms with van der Waals surface area (Å²) in [5.41, 5.74) is 1.48. The molecule has 0 spiro atoms. The van der Waals surface area contributed by atoms with Crippen LogP contribution < -0.4 is 10.6 Å². The highest BCUT2D eigenvalue weighted by molar-refractivity contribution is 7.94. The lowest BCUT2D eigenvalue weighted by atomic mass is 9.93. The zero-order valence-electron chi connectivity index (χ0n) is 25.0. The molecule has 0 bridgehead atoms. The van der Waals surface area contributed by atoms with E-state index in [9.17, 15) is 18.0 Å². The van der Waals surface area contributed by atoms with Crippen LogP contribution in [0.1, 0.15) is 39.2 Å². The summed E-state index contributed by atoms with van der Waals surface area (Å²) in [5, 5.41) is 0.261. The summed E-state index contributed by atoms with van der Waals surface area (Å²) in [6, 6.07) is 2.70. The molecule has 3 aromatic heterocycles. The van der Waals surface area contributed by atoms with Crippen molar-refractivity contribution in [2.75, 3.05) is 30.8 Å². The highest BCUT2D eigenvalue weighted by Gasteiger charge is 2.33. The summed E-state index contributed by atoms with van der Waals surface area (Å²) < 4.78 is 43.4. The van der Waals surface area contributed by atoms with Gasteiger partial charge in [0.05, 0.1) is 16.0 Å². The number of halogens is 1. The summed E-state index contributed by atoms with van der Waals surface area (Å²) in [4.78, 5) is 43.3. The number of pyridine rings is 2. The molecule has 0 unspecified atom stereocenters. The number of hydrogen-bond donors (Lipinski definition) is 0. The van der Waals surface area contributed by atoms with Gasteiger partial charge in [-0.3, -0.25) is 9.78 Å². The van der Waals surface area contributed by atoms with Gasteiger partial charge >= 0.3 is 5.69 Å². The predicted molar refractivity (Wildman–Crippen MR) is 166 cm³/mol. The molecule has 4 heterocycles. The van der Waals surface area contributed by atoms with Crippen molar-refractivity contribution in [2.24, 2.45) is 5.92 Å². The fourth-order valence-electron chi connectivity index (χ4n) is 5.91. The van der Waals surface area contributed by atoms with E-state index in [4.69, 9.17) is 4.98 Å². The molecule has 1 fully saturated rings. The Morgan fingerprint density at radius 1 is 1.23 bits per heavy atom. The van der Waals surface area contributed by atoms with Gasteiger partial charge in [0.15, 0.2) is 15.5 Å². The molecule has 5 rings (SSSR count). The van der Waals surface area contributed by atoms with E-state index < -0.39 is 21.3 Å². The van der Waals surface area contributed by atoms with E-state index in [2.05, 4.69) is 16.5 Å². The monoisotopic (exact) mass is 606 g/mol. The number of allylic oxidation sites excluding steroid dienone is 4. The minimum atomic E-state index is -3.72. The number of anilines is 1. The van der Waals surface area contributed by atoms with Crippen LogP contribution in [0.25, 0.3) is 28.0 Å². The van der Waals surface area contributed by atoms with Crippen LogP contribution in [0.4, 0.5) is 10.2 Å². The minimum absolute atomic E-state index is 0.0135. The number of aryl methyl sites for hydroxylation is 1. The van der Waals surface area contributed by atoms with E-state index in [1.165, 1.54) is 22.9 Å². The molecule has 1 saturated heterocycles. The van der Waals surface area contributed by atoms with Gasteiger partial charge in [0.25, 0.3) is 0 Å². The van der Waals surface area contributed by atoms with Crippen LogP contribution in [0, 0.1) is 18.7 Å². The number of rotatable bonds is 6. The number of amides is 1. The fourth-order valence-corrected chi connectivity index (χ4v) is 6.96. The third kappa shape index (κ3) is 5.51. The number of hydrogen-bond acceptors (Lipinski definition) is 8. The smallest absolute Gasteiger partial charge is 0.350 e. The number of sulfone groups is 1. The van der Waals surface area contributed by atoms with Crippen molar-refractivity contribution < 1.29 is 17.6 Å². The minimum Gasteiger partial charge on any atom is -0.350 e. The lowest BCUT2D eigenvalue weighted by molar-refractivity contribution is -0.126. The Labute approximate surface area is 250 Å². The number of piperazine rings is 1. The Hall–Kier alpha value is -4.19. The number of nitrogens with zero attached hydrogens (tertiary/aromatic N) is 6. The first-order valence-electron chi connectivity index (χ1n) is 14.2. The molecule has 0 saturated carbocycles. The van der Waals surface area contributed by atoms with Crippen molar-refractivity contribution >= 4 is 38.3 Å². The summed E-state index contributed by atoms with van der Waals surface area (Å²) in [6.07, 6.45) is 8.19. The van der Waals surface area contributed by atoms with E-state index in [0.717, 1.165) is 6.26 Å². The van der Waals surface area contributed by atoms with E-state index >= 15 is 4.39 Å². The number of carbonyl (C=O) groups excluding carboxylic acids is 1. The van der Waals surface area contributed by atoms with E-state index in [1.54, 1.807) is 24.1 Å². The highest BCUT2D eigenvalue weighted by atomic mass is 32.2. The lowest BCUT2D eigenvalue weighted by Gasteiger charge is -2.40. The van der Waals surface area contributed by atoms with Gasteiger partial charge in [-0.15, -0.1) is 0 Å². The van der Waals surface area contributed by atoms with Gasteiger partial charge in [0.2, 0.25) is 5.91 Å². The van der Waals surface area contributed by atoms with Crippen molar-refractivity contribution in [2.45, 2.75) is 46.6 Å². The van der Waals surface area contributed by atoms with Crippen LogP contribution in [0.3, 0.4) is 0 Å². The van der Waals surface area contributed by atoms with Crippen LogP contribution in [-0.2, 0) is 14.6 Å². The topological polar surface area (TPSA) is 118 Å². The molecule has 1 aliphatic heterocycles. The molecule has 226 valence electrons. The lowest BCUT2D eigenvalue weighted by Crippen LogP contribution is -2.54. The van der Waals surface area contributed by atoms with Gasteiger partial charge < -0.3 is 9.80 Å².